The van der Waals surface area contributed by atoms with Gasteiger partial charge in [0, 0.05) is 18.7 Å². The third-order valence-corrected chi connectivity index (χ3v) is 10.4. The maximum Gasteiger partial charge on any atom is 0.291 e. The second-order valence-electron chi connectivity index (χ2n) is 15.8. The molecule has 1 spiro atoms. The second-order valence-corrected chi connectivity index (χ2v) is 15.8. The lowest BCUT2D eigenvalue weighted by molar-refractivity contribution is -0.134. The summed E-state index contributed by atoms with van der Waals surface area (Å²) in [6, 6.07) is 7.60. The van der Waals surface area contributed by atoms with E-state index in [2.05, 4.69) is 77.3 Å². The molecular weight excluding hydrogens is 568 g/mol. The molecule has 45 heavy (non-hydrogen) atoms. The highest BCUT2D eigenvalue weighted by Gasteiger charge is 2.54. The van der Waals surface area contributed by atoms with Gasteiger partial charge in [0.05, 0.1) is 24.8 Å². The Hall–Kier alpha value is -3.34. The molecule has 4 aliphatic rings. The smallest absolute Gasteiger partial charge is 0.291 e. The number of rotatable bonds is 7. The van der Waals surface area contributed by atoms with Gasteiger partial charge in [0.1, 0.15) is 5.66 Å². The zero-order chi connectivity index (χ0) is 32.0. The highest BCUT2D eigenvalue weighted by Crippen LogP contribution is 2.50. The fourth-order valence-corrected chi connectivity index (χ4v) is 7.71. The number of aromatic amines is 1. The van der Waals surface area contributed by atoms with Crippen LogP contribution in [0.25, 0.3) is 0 Å². The predicted molar refractivity (Wildman–Crippen MR) is 171 cm³/mol. The molecule has 1 saturated carbocycles. The SMILES string of the molecule is CC(C)(C)CC[C@H](c1ccc(C(=O)NCc2nn[nH]n2)cc1)N1C(=O)C(N2C[C@H]3CC[C@@H](C2)O3)=NC12CCC(C(C)(C)C)CC2. The number of hydrogen-bond donors (Lipinski definition) is 2. The second kappa shape index (κ2) is 12.1. The van der Waals surface area contributed by atoms with Gasteiger partial charge in [0.2, 0.25) is 0 Å². The Morgan fingerprint density at radius 3 is 2.29 bits per heavy atom. The van der Waals surface area contributed by atoms with Crippen LogP contribution in [0.15, 0.2) is 29.3 Å². The number of carbonyl (C=O) groups excluding carboxylic acids is 2. The molecule has 3 aliphatic heterocycles. The molecule has 1 aliphatic carbocycles. The molecular formula is C34H50N8O3. The Bertz CT molecular complexity index is 1370. The predicted octanol–water partition coefficient (Wildman–Crippen LogP) is 5.03. The summed E-state index contributed by atoms with van der Waals surface area (Å²) in [4.78, 5) is 37.5. The molecule has 1 aromatic heterocycles. The number of tetrazole rings is 1. The van der Waals surface area contributed by atoms with Crippen LogP contribution in [-0.4, -0.2) is 79.0 Å². The van der Waals surface area contributed by atoms with Crippen molar-refractivity contribution in [2.45, 2.75) is 123 Å². The van der Waals surface area contributed by atoms with Crippen LogP contribution < -0.4 is 5.32 Å². The molecule has 2 saturated heterocycles. The van der Waals surface area contributed by atoms with Crippen LogP contribution in [0.3, 0.4) is 0 Å². The van der Waals surface area contributed by atoms with Crippen LogP contribution in [0.5, 0.6) is 0 Å². The van der Waals surface area contributed by atoms with Crippen molar-refractivity contribution in [2.24, 2.45) is 21.7 Å². The van der Waals surface area contributed by atoms with E-state index >= 15 is 0 Å². The summed E-state index contributed by atoms with van der Waals surface area (Å²) in [5.41, 5.74) is 1.34. The first kappa shape index (κ1) is 31.6. The first-order valence-corrected chi connectivity index (χ1v) is 16.8. The third kappa shape index (κ3) is 6.78. The van der Waals surface area contributed by atoms with Gasteiger partial charge in [0.15, 0.2) is 11.7 Å². The van der Waals surface area contributed by atoms with Crippen LogP contribution >= 0.6 is 0 Å². The zero-order valence-electron chi connectivity index (χ0n) is 27.8. The van der Waals surface area contributed by atoms with Crippen LogP contribution in [-0.2, 0) is 16.1 Å². The number of aliphatic imine (C=N–C) groups is 1. The van der Waals surface area contributed by atoms with Gasteiger partial charge >= 0.3 is 0 Å². The van der Waals surface area contributed by atoms with Crippen molar-refractivity contribution in [3.05, 3.63) is 41.2 Å². The third-order valence-electron chi connectivity index (χ3n) is 10.4. The van der Waals surface area contributed by atoms with Gasteiger partial charge < -0.3 is 19.9 Å². The van der Waals surface area contributed by atoms with E-state index in [1.807, 2.05) is 24.3 Å². The number of amidine groups is 1. The Labute approximate surface area is 266 Å². The average molecular weight is 619 g/mol. The first-order chi connectivity index (χ1) is 21.3. The minimum Gasteiger partial charge on any atom is -0.371 e. The minimum atomic E-state index is -0.561. The van der Waals surface area contributed by atoms with Gasteiger partial charge in [-0.1, -0.05) is 58.9 Å². The number of nitrogens with zero attached hydrogens (tertiary/aromatic N) is 6. The summed E-state index contributed by atoms with van der Waals surface area (Å²) >= 11 is 0. The Morgan fingerprint density at radius 2 is 1.71 bits per heavy atom. The van der Waals surface area contributed by atoms with Crippen molar-refractivity contribution in [3.63, 3.8) is 0 Å². The van der Waals surface area contributed by atoms with Gasteiger partial charge in [-0.3, -0.25) is 9.59 Å². The van der Waals surface area contributed by atoms with E-state index in [9.17, 15) is 9.59 Å². The summed E-state index contributed by atoms with van der Waals surface area (Å²) in [6.45, 7) is 15.4. The normalized spacial score (nSPS) is 27.6. The molecule has 0 unspecified atom stereocenters. The number of ether oxygens (including phenoxy) is 1. The fraction of sp³-hybridized carbons (Fsp3) is 0.706. The minimum absolute atomic E-state index is 0.0475. The summed E-state index contributed by atoms with van der Waals surface area (Å²) in [5, 5.41) is 16.6. The van der Waals surface area contributed by atoms with Crippen LogP contribution in [0.1, 0.15) is 121 Å². The van der Waals surface area contributed by atoms with E-state index in [1.165, 1.54) is 0 Å². The molecule has 0 radical (unpaired) electrons. The molecule has 11 heteroatoms. The number of H-pyrrole nitrogens is 1. The number of aromatic nitrogens is 4. The van der Waals surface area contributed by atoms with Gasteiger partial charge in [-0.25, -0.2) is 4.99 Å². The topological polar surface area (TPSA) is 129 Å². The Morgan fingerprint density at radius 1 is 1.04 bits per heavy atom. The van der Waals surface area contributed by atoms with Crippen LogP contribution in [0.2, 0.25) is 0 Å². The Balaban J connectivity index is 1.31. The number of hydrogen-bond acceptors (Lipinski definition) is 8. The molecule has 2 aromatic rings. The van der Waals surface area contributed by atoms with E-state index in [1.54, 1.807) is 0 Å². The van der Waals surface area contributed by atoms with Crippen molar-refractivity contribution in [1.29, 1.82) is 0 Å². The van der Waals surface area contributed by atoms with Crippen molar-refractivity contribution in [3.8, 4) is 0 Å². The number of fused-ring (bicyclic) bond motifs is 2. The maximum atomic E-state index is 14.7. The average Bonchev–Trinajstić information content (AvgIpc) is 3.70. The van der Waals surface area contributed by atoms with Crippen molar-refractivity contribution in [2.75, 3.05) is 13.1 Å². The monoisotopic (exact) mass is 618 g/mol. The number of nitrogens with one attached hydrogen (secondary N) is 2. The molecule has 2 bridgehead atoms. The molecule has 4 heterocycles. The van der Waals surface area contributed by atoms with Gasteiger partial charge in [-0.05, 0) is 85.8 Å². The van der Waals surface area contributed by atoms with Crippen molar-refractivity contribution < 1.29 is 14.3 Å². The van der Waals surface area contributed by atoms with E-state index in [-0.39, 0.29) is 47.4 Å². The molecule has 3 atom stereocenters. The van der Waals surface area contributed by atoms with Crippen molar-refractivity contribution in [1.82, 2.24) is 35.7 Å². The van der Waals surface area contributed by atoms with E-state index in [0.717, 1.165) is 70.0 Å². The molecule has 244 valence electrons. The summed E-state index contributed by atoms with van der Waals surface area (Å²) in [7, 11) is 0. The van der Waals surface area contributed by atoms with E-state index in [0.29, 0.717) is 23.1 Å². The van der Waals surface area contributed by atoms with Crippen LogP contribution in [0, 0.1) is 16.7 Å². The highest BCUT2D eigenvalue weighted by molar-refractivity contribution is 6.39. The Kier molecular flexibility index (Phi) is 8.52. The molecule has 11 nitrogen and oxygen atoms in total. The summed E-state index contributed by atoms with van der Waals surface area (Å²) < 4.78 is 6.13. The number of benzene rings is 1. The van der Waals surface area contributed by atoms with Gasteiger partial charge in [0.25, 0.3) is 11.8 Å². The fourth-order valence-electron chi connectivity index (χ4n) is 7.71. The number of carbonyl (C=O) groups is 2. The lowest BCUT2D eigenvalue weighted by Gasteiger charge is -2.47. The molecule has 6 rings (SSSR count). The van der Waals surface area contributed by atoms with Crippen molar-refractivity contribution >= 4 is 17.6 Å². The maximum absolute atomic E-state index is 14.7. The standard InChI is InChI=1S/C34H50N8O3/c1-32(2,3)16-15-27(22-7-9-23(10-8-22)30(43)35-19-28-37-39-40-38-28)42-31(44)29(41-20-25-11-12-26(21-41)45-25)36-34(42)17-13-24(14-18-34)33(4,5)6/h7-10,24-27H,11-21H2,1-6H3,(H,35,43)(H,37,38,39,40)/t24?,25-,26+,27-,34?/m1/s1. The van der Waals surface area contributed by atoms with E-state index < -0.39 is 5.66 Å². The molecule has 3 fully saturated rings. The first-order valence-electron chi connectivity index (χ1n) is 16.8. The summed E-state index contributed by atoms with van der Waals surface area (Å²) in [6.07, 6.45) is 8.04. The molecule has 1 aromatic carbocycles. The van der Waals surface area contributed by atoms with Crippen LogP contribution in [0.4, 0.5) is 0 Å². The summed E-state index contributed by atoms with van der Waals surface area (Å²) in [5.74, 6) is 1.48. The van der Waals surface area contributed by atoms with E-state index in [4.69, 9.17) is 9.73 Å². The van der Waals surface area contributed by atoms with Gasteiger partial charge in [-0.2, -0.15) is 5.21 Å². The quantitative estimate of drug-likeness (QED) is 0.445. The highest BCUT2D eigenvalue weighted by atomic mass is 16.5. The largest absolute Gasteiger partial charge is 0.371 e. The number of morpholine rings is 1. The molecule has 2 N–H and O–H groups in total. The lowest BCUT2D eigenvalue weighted by atomic mass is 9.69. The van der Waals surface area contributed by atoms with Gasteiger partial charge in [-0.15, -0.1) is 10.2 Å². The lowest BCUT2D eigenvalue weighted by Crippen LogP contribution is -2.53. The number of likely N-dealkylation sites (tertiary alicyclic amines) is 1. The zero-order valence-corrected chi connectivity index (χ0v) is 27.8. The molecule has 2 amide bonds. The number of amides is 2.